The molecule has 182 valence electrons. The second-order valence-corrected chi connectivity index (χ2v) is 8.63. The van der Waals surface area contributed by atoms with Crippen molar-refractivity contribution < 1.29 is 14.6 Å². The predicted molar refractivity (Wildman–Crippen MR) is 141 cm³/mol. The van der Waals surface area contributed by atoms with Crippen LogP contribution in [0.2, 0.25) is 0 Å². The molecule has 4 N–H and O–H groups in total. The van der Waals surface area contributed by atoms with Crippen molar-refractivity contribution >= 4 is 35.8 Å². The standard InChI is InChI=1S/C24H40N4O3.HI/c1-4-25-24(28-16-20(10-11-29)13-18(2)3)27-15-19-7-5-8-21(14-19)23(30)26-17-22-9-6-12-31-22;/h5,7-8,14,18,20,22,29H,4,6,9-13,15-17H2,1-3H3,(H,26,30)(H2,25,27,28);1H. The minimum absolute atomic E-state index is 0. The first kappa shape index (κ1) is 28.6. The molecule has 32 heavy (non-hydrogen) atoms. The van der Waals surface area contributed by atoms with Crippen molar-refractivity contribution in [3.8, 4) is 0 Å². The van der Waals surface area contributed by atoms with Crippen LogP contribution in [0.4, 0.5) is 0 Å². The van der Waals surface area contributed by atoms with E-state index in [4.69, 9.17) is 4.74 Å². The van der Waals surface area contributed by atoms with Gasteiger partial charge in [-0.1, -0.05) is 26.0 Å². The Labute approximate surface area is 210 Å². The number of nitrogens with one attached hydrogen (secondary N) is 3. The minimum atomic E-state index is -0.0770. The summed E-state index contributed by atoms with van der Waals surface area (Å²) in [6, 6.07) is 7.60. The van der Waals surface area contributed by atoms with Crippen molar-refractivity contribution in [3.63, 3.8) is 0 Å². The van der Waals surface area contributed by atoms with Crippen molar-refractivity contribution in [2.75, 3.05) is 32.8 Å². The maximum atomic E-state index is 12.5. The molecule has 2 atom stereocenters. The van der Waals surface area contributed by atoms with Crippen LogP contribution in [0.5, 0.6) is 0 Å². The second-order valence-electron chi connectivity index (χ2n) is 8.63. The van der Waals surface area contributed by atoms with E-state index in [0.717, 1.165) is 56.9 Å². The predicted octanol–water partition coefficient (Wildman–Crippen LogP) is 3.31. The van der Waals surface area contributed by atoms with Crippen molar-refractivity contribution in [1.82, 2.24) is 16.0 Å². The van der Waals surface area contributed by atoms with Gasteiger partial charge in [0.25, 0.3) is 5.91 Å². The summed E-state index contributed by atoms with van der Waals surface area (Å²) in [6.45, 7) is 10.0. The summed E-state index contributed by atoms with van der Waals surface area (Å²) >= 11 is 0. The number of halogens is 1. The average Bonchev–Trinajstić information content (AvgIpc) is 3.27. The van der Waals surface area contributed by atoms with Crippen LogP contribution in [0.25, 0.3) is 0 Å². The van der Waals surface area contributed by atoms with Crippen molar-refractivity contribution in [3.05, 3.63) is 35.4 Å². The van der Waals surface area contributed by atoms with Gasteiger partial charge in [-0.05, 0) is 62.1 Å². The zero-order chi connectivity index (χ0) is 22.5. The fraction of sp³-hybridized carbons (Fsp3) is 0.667. The highest BCUT2D eigenvalue weighted by molar-refractivity contribution is 14.0. The van der Waals surface area contributed by atoms with Crippen molar-refractivity contribution in [1.29, 1.82) is 0 Å². The van der Waals surface area contributed by atoms with Crippen LogP contribution in [-0.2, 0) is 11.3 Å². The topological polar surface area (TPSA) is 95.0 Å². The highest BCUT2D eigenvalue weighted by Gasteiger charge is 2.17. The van der Waals surface area contributed by atoms with Gasteiger partial charge in [-0.25, -0.2) is 4.99 Å². The van der Waals surface area contributed by atoms with Crippen molar-refractivity contribution in [2.24, 2.45) is 16.8 Å². The van der Waals surface area contributed by atoms with Gasteiger partial charge in [0, 0.05) is 38.4 Å². The lowest BCUT2D eigenvalue weighted by Crippen LogP contribution is -2.40. The van der Waals surface area contributed by atoms with E-state index in [9.17, 15) is 9.90 Å². The van der Waals surface area contributed by atoms with E-state index < -0.39 is 0 Å². The third-order valence-corrected chi connectivity index (χ3v) is 5.37. The summed E-state index contributed by atoms with van der Waals surface area (Å²) in [4.78, 5) is 17.2. The summed E-state index contributed by atoms with van der Waals surface area (Å²) in [5.41, 5.74) is 1.62. The Bertz CT molecular complexity index is 694. The molecule has 0 saturated carbocycles. The summed E-state index contributed by atoms with van der Waals surface area (Å²) in [7, 11) is 0. The maximum Gasteiger partial charge on any atom is 0.251 e. The van der Waals surface area contributed by atoms with E-state index in [1.165, 1.54) is 0 Å². The Morgan fingerprint density at radius 1 is 1.28 bits per heavy atom. The highest BCUT2D eigenvalue weighted by Crippen LogP contribution is 2.14. The van der Waals surface area contributed by atoms with Crippen LogP contribution in [0, 0.1) is 11.8 Å². The molecule has 1 aliphatic rings. The first-order chi connectivity index (χ1) is 15.0. The molecule has 1 fully saturated rings. The number of ether oxygens (including phenoxy) is 1. The van der Waals surface area contributed by atoms with Gasteiger partial charge in [-0.3, -0.25) is 4.79 Å². The molecule has 1 saturated heterocycles. The quantitative estimate of drug-likeness (QED) is 0.179. The van der Waals surface area contributed by atoms with Crippen LogP contribution in [0.15, 0.2) is 29.3 Å². The van der Waals surface area contributed by atoms with Gasteiger partial charge in [0.1, 0.15) is 0 Å². The minimum Gasteiger partial charge on any atom is -0.396 e. The molecule has 1 amide bonds. The van der Waals surface area contributed by atoms with E-state index >= 15 is 0 Å². The SMILES string of the molecule is CCNC(=NCc1cccc(C(=O)NCC2CCCO2)c1)NCC(CCO)CC(C)C.I. The number of amides is 1. The number of nitrogens with zero attached hydrogens (tertiary/aromatic N) is 1. The molecule has 1 aromatic rings. The Balaban J connectivity index is 0.00000512. The molecule has 1 aliphatic heterocycles. The number of aliphatic hydroxyl groups excluding tert-OH is 1. The Morgan fingerprint density at radius 2 is 2.09 bits per heavy atom. The van der Waals surface area contributed by atoms with Crippen molar-refractivity contribution in [2.45, 2.75) is 59.1 Å². The molecule has 1 heterocycles. The number of aliphatic imine (C=N–C) groups is 1. The molecule has 8 heteroatoms. The second kappa shape index (κ2) is 16.3. The Kier molecular flexibility index (Phi) is 14.6. The van der Waals surface area contributed by atoms with Gasteiger partial charge >= 0.3 is 0 Å². The molecule has 0 spiro atoms. The summed E-state index contributed by atoms with van der Waals surface area (Å²) in [5.74, 6) is 1.67. The lowest BCUT2D eigenvalue weighted by molar-refractivity contribution is 0.0857. The largest absolute Gasteiger partial charge is 0.396 e. The van der Waals surface area contributed by atoms with Crippen LogP contribution in [0.1, 0.15) is 62.4 Å². The van der Waals surface area contributed by atoms with Gasteiger partial charge in [-0.2, -0.15) is 0 Å². The first-order valence-corrected chi connectivity index (χ1v) is 11.6. The zero-order valence-electron chi connectivity index (χ0n) is 19.7. The van der Waals surface area contributed by atoms with Crippen LogP contribution in [0.3, 0.4) is 0 Å². The number of carbonyl (C=O) groups is 1. The maximum absolute atomic E-state index is 12.5. The Morgan fingerprint density at radius 3 is 2.75 bits per heavy atom. The van der Waals surface area contributed by atoms with Gasteiger partial charge in [0.15, 0.2) is 5.96 Å². The fourth-order valence-corrected chi connectivity index (χ4v) is 3.83. The zero-order valence-corrected chi connectivity index (χ0v) is 22.1. The molecule has 1 aromatic carbocycles. The van der Waals surface area contributed by atoms with E-state index in [-0.39, 0.29) is 42.6 Å². The average molecular weight is 561 g/mol. The number of carbonyl (C=O) groups excluding carboxylic acids is 1. The van der Waals surface area contributed by atoms with E-state index in [1.807, 2.05) is 31.2 Å². The highest BCUT2D eigenvalue weighted by atomic mass is 127. The molecule has 0 bridgehead atoms. The van der Waals surface area contributed by atoms with E-state index in [0.29, 0.717) is 30.5 Å². The monoisotopic (exact) mass is 560 g/mol. The van der Waals surface area contributed by atoms with Gasteiger partial charge in [-0.15, -0.1) is 24.0 Å². The van der Waals surface area contributed by atoms with E-state index in [2.05, 4.69) is 34.8 Å². The number of hydrogen-bond donors (Lipinski definition) is 4. The Hall–Kier alpha value is -1.39. The number of rotatable bonds is 12. The third-order valence-electron chi connectivity index (χ3n) is 5.37. The van der Waals surface area contributed by atoms with Gasteiger partial charge in [0.05, 0.1) is 12.6 Å². The molecular formula is C24H41IN4O3. The first-order valence-electron chi connectivity index (χ1n) is 11.6. The van der Waals surface area contributed by atoms with Crippen LogP contribution >= 0.6 is 24.0 Å². The third kappa shape index (κ3) is 11.0. The van der Waals surface area contributed by atoms with Gasteiger partial charge in [0.2, 0.25) is 0 Å². The lowest BCUT2D eigenvalue weighted by atomic mass is 9.94. The van der Waals surface area contributed by atoms with Crippen LogP contribution in [-0.4, -0.2) is 55.9 Å². The van der Waals surface area contributed by atoms with E-state index in [1.54, 1.807) is 0 Å². The summed E-state index contributed by atoms with van der Waals surface area (Å²) < 4.78 is 5.57. The van der Waals surface area contributed by atoms with Gasteiger partial charge < -0.3 is 25.8 Å². The summed E-state index contributed by atoms with van der Waals surface area (Å²) in [5, 5.41) is 19.0. The fourth-order valence-electron chi connectivity index (χ4n) is 3.83. The van der Waals surface area contributed by atoms with Crippen LogP contribution < -0.4 is 16.0 Å². The normalized spacial score (nSPS) is 17.0. The molecule has 2 unspecified atom stereocenters. The molecule has 0 aliphatic carbocycles. The summed E-state index contributed by atoms with van der Waals surface area (Å²) in [6.07, 6.45) is 4.06. The lowest BCUT2D eigenvalue weighted by Gasteiger charge is -2.20. The molecule has 7 nitrogen and oxygen atoms in total. The smallest absolute Gasteiger partial charge is 0.251 e. The molecular weight excluding hydrogens is 519 g/mol. The molecule has 0 radical (unpaired) electrons. The number of hydrogen-bond acceptors (Lipinski definition) is 4. The number of benzene rings is 1. The molecule has 0 aromatic heterocycles. The number of guanidine groups is 1. The number of aliphatic hydroxyl groups is 1. The molecule has 2 rings (SSSR count).